The number of amides is 1. The third-order valence-corrected chi connectivity index (χ3v) is 4.11. The number of aromatic nitrogens is 3. The molecule has 128 valence electrons. The van der Waals surface area contributed by atoms with Gasteiger partial charge in [-0.1, -0.05) is 36.4 Å². The van der Waals surface area contributed by atoms with E-state index in [0.29, 0.717) is 18.7 Å². The number of rotatable bonds is 7. The molecule has 25 heavy (non-hydrogen) atoms. The van der Waals surface area contributed by atoms with Crippen LogP contribution < -0.4 is 5.32 Å². The molecule has 2 aromatic heterocycles. The second kappa shape index (κ2) is 8.24. The molecule has 3 rings (SSSR count). The predicted molar refractivity (Wildman–Crippen MR) is 97.4 cm³/mol. The quantitative estimate of drug-likeness (QED) is 0.723. The maximum atomic E-state index is 12.2. The van der Waals surface area contributed by atoms with Crippen LogP contribution in [-0.4, -0.2) is 27.2 Å². The van der Waals surface area contributed by atoms with Crippen molar-refractivity contribution in [2.75, 3.05) is 6.54 Å². The molecule has 0 fully saturated rings. The fourth-order valence-corrected chi connectivity index (χ4v) is 2.66. The van der Waals surface area contributed by atoms with E-state index in [1.165, 1.54) is 5.56 Å². The smallest absolute Gasteiger partial charge is 0.271 e. The number of nitrogens with one attached hydrogen (secondary N) is 1. The third kappa shape index (κ3) is 4.76. The van der Waals surface area contributed by atoms with Gasteiger partial charge in [0, 0.05) is 37.6 Å². The fraction of sp³-hybridized carbons (Fsp3) is 0.250. The minimum absolute atomic E-state index is 0.146. The summed E-state index contributed by atoms with van der Waals surface area (Å²) in [5, 5.41) is 7.26. The lowest BCUT2D eigenvalue weighted by molar-refractivity contribution is 0.0948. The first-order chi connectivity index (χ1) is 12.2. The molecule has 1 amide bonds. The van der Waals surface area contributed by atoms with Crippen LogP contribution in [0.5, 0.6) is 0 Å². The van der Waals surface area contributed by atoms with Crippen molar-refractivity contribution >= 4 is 5.91 Å². The van der Waals surface area contributed by atoms with Gasteiger partial charge in [0.25, 0.3) is 5.91 Å². The Morgan fingerprint density at radius 3 is 2.72 bits per heavy atom. The zero-order valence-corrected chi connectivity index (χ0v) is 14.4. The summed E-state index contributed by atoms with van der Waals surface area (Å²) < 4.78 is 1.81. The molecule has 5 nitrogen and oxygen atoms in total. The molecule has 0 aliphatic rings. The van der Waals surface area contributed by atoms with Gasteiger partial charge in [-0.2, -0.15) is 5.10 Å². The molecule has 0 unspecified atom stereocenters. The molecule has 0 aliphatic heterocycles. The van der Waals surface area contributed by atoms with E-state index < -0.39 is 0 Å². The molecule has 0 aliphatic carbocycles. The van der Waals surface area contributed by atoms with Crippen LogP contribution in [0.3, 0.4) is 0 Å². The molecule has 0 saturated carbocycles. The fourth-order valence-electron chi connectivity index (χ4n) is 2.66. The van der Waals surface area contributed by atoms with Crippen LogP contribution in [0.25, 0.3) is 0 Å². The molecule has 3 aromatic rings. The minimum atomic E-state index is -0.146. The number of hydrogen-bond acceptors (Lipinski definition) is 3. The van der Waals surface area contributed by atoms with E-state index in [1.54, 1.807) is 12.3 Å². The highest BCUT2D eigenvalue weighted by molar-refractivity contribution is 5.92. The van der Waals surface area contributed by atoms with Crippen LogP contribution in [0.4, 0.5) is 0 Å². The molecule has 1 aromatic carbocycles. The summed E-state index contributed by atoms with van der Waals surface area (Å²) in [4.78, 5) is 16.5. The number of pyridine rings is 1. The van der Waals surface area contributed by atoms with E-state index in [1.807, 2.05) is 48.1 Å². The molecule has 0 bridgehead atoms. The van der Waals surface area contributed by atoms with Crippen molar-refractivity contribution in [1.82, 2.24) is 20.1 Å². The van der Waals surface area contributed by atoms with Crippen LogP contribution >= 0.6 is 0 Å². The number of carbonyl (C=O) groups excluding carboxylic acids is 1. The highest BCUT2D eigenvalue weighted by Gasteiger charge is 2.09. The molecule has 0 atom stereocenters. The molecule has 0 saturated heterocycles. The zero-order chi connectivity index (χ0) is 17.5. The van der Waals surface area contributed by atoms with Gasteiger partial charge < -0.3 is 5.32 Å². The Kier molecular flexibility index (Phi) is 5.57. The average Bonchev–Trinajstić information content (AvgIpc) is 3.11. The Bertz CT molecular complexity index is 826. The van der Waals surface area contributed by atoms with E-state index in [4.69, 9.17) is 0 Å². The van der Waals surface area contributed by atoms with Gasteiger partial charge in [0.1, 0.15) is 5.69 Å². The second-order valence-corrected chi connectivity index (χ2v) is 5.97. The average molecular weight is 334 g/mol. The number of aryl methyl sites for hydroxylation is 3. The van der Waals surface area contributed by atoms with Crippen LogP contribution in [0, 0.1) is 6.92 Å². The van der Waals surface area contributed by atoms with E-state index in [0.717, 1.165) is 24.2 Å². The summed E-state index contributed by atoms with van der Waals surface area (Å²) in [6.07, 6.45) is 5.23. The molecule has 2 heterocycles. The highest BCUT2D eigenvalue weighted by atomic mass is 16.1. The van der Waals surface area contributed by atoms with Gasteiger partial charge in [-0.3, -0.25) is 14.5 Å². The van der Waals surface area contributed by atoms with Gasteiger partial charge in [0.05, 0.1) is 0 Å². The Hall–Kier alpha value is -2.95. The number of nitrogens with zero attached hydrogens (tertiary/aromatic N) is 3. The largest absolute Gasteiger partial charge is 0.350 e. The van der Waals surface area contributed by atoms with Gasteiger partial charge in [0.15, 0.2) is 0 Å². The van der Waals surface area contributed by atoms with Crippen LogP contribution in [0.2, 0.25) is 0 Å². The SMILES string of the molecule is Cc1cccnc1CCNC(=O)c1ccn(CCc2ccccc2)n1. The first-order valence-electron chi connectivity index (χ1n) is 8.48. The summed E-state index contributed by atoms with van der Waals surface area (Å²) in [7, 11) is 0. The van der Waals surface area contributed by atoms with Gasteiger partial charge in [-0.05, 0) is 36.6 Å². The summed E-state index contributed by atoms with van der Waals surface area (Å²) in [6, 6.07) is 15.9. The Balaban J connectivity index is 1.48. The molecular formula is C20H22N4O. The van der Waals surface area contributed by atoms with Crippen molar-refractivity contribution in [3.8, 4) is 0 Å². The third-order valence-electron chi connectivity index (χ3n) is 4.11. The maximum Gasteiger partial charge on any atom is 0.271 e. The summed E-state index contributed by atoms with van der Waals surface area (Å²) in [5.74, 6) is -0.146. The molecule has 5 heteroatoms. The topological polar surface area (TPSA) is 59.8 Å². The first-order valence-corrected chi connectivity index (χ1v) is 8.48. The highest BCUT2D eigenvalue weighted by Crippen LogP contribution is 2.04. The second-order valence-electron chi connectivity index (χ2n) is 5.97. The lowest BCUT2D eigenvalue weighted by Crippen LogP contribution is -2.26. The van der Waals surface area contributed by atoms with E-state index >= 15 is 0 Å². The summed E-state index contributed by atoms with van der Waals surface area (Å²) in [6.45, 7) is 3.33. The first kappa shape index (κ1) is 16.9. The minimum Gasteiger partial charge on any atom is -0.350 e. The number of hydrogen-bond donors (Lipinski definition) is 1. The van der Waals surface area contributed by atoms with E-state index in [-0.39, 0.29) is 5.91 Å². The van der Waals surface area contributed by atoms with Crippen LogP contribution in [0.15, 0.2) is 60.9 Å². The lowest BCUT2D eigenvalue weighted by atomic mass is 10.1. The van der Waals surface area contributed by atoms with Gasteiger partial charge in [0.2, 0.25) is 0 Å². The van der Waals surface area contributed by atoms with Crippen molar-refractivity contribution in [2.45, 2.75) is 26.3 Å². The van der Waals surface area contributed by atoms with Crippen molar-refractivity contribution < 1.29 is 4.79 Å². The van der Waals surface area contributed by atoms with E-state index in [2.05, 4.69) is 27.5 Å². The lowest BCUT2D eigenvalue weighted by Gasteiger charge is -2.05. The summed E-state index contributed by atoms with van der Waals surface area (Å²) in [5.41, 5.74) is 3.86. The standard InChI is InChI=1S/C20H22N4O/c1-16-6-5-12-21-18(16)9-13-22-20(25)19-11-15-24(23-19)14-10-17-7-3-2-4-8-17/h2-8,11-12,15H,9-10,13-14H2,1H3,(H,22,25). The zero-order valence-electron chi connectivity index (χ0n) is 14.4. The Morgan fingerprint density at radius 2 is 1.92 bits per heavy atom. The van der Waals surface area contributed by atoms with Crippen molar-refractivity contribution in [3.63, 3.8) is 0 Å². The monoisotopic (exact) mass is 334 g/mol. The number of benzene rings is 1. The van der Waals surface area contributed by atoms with Crippen LogP contribution in [-0.2, 0) is 19.4 Å². The van der Waals surface area contributed by atoms with E-state index in [9.17, 15) is 4.79 Å². The van der Waals surface area contributed by atoms with Gasteiger partial charge in [-0.25, -0.2) is 0 Å². The van der Waals surface area contributed by atoms with Gasteiger partial charge >= 0.3 is 0 Å². The van der Waals surface area contributed by atoms with Crippen LogP contribution in [0.1, 0.15) is 27.3 Å². The van der Waals surface area contributed by atoms with Crippen molar-refractivity contribution in [2.24, 2.45) is 0 Å². The number of carbonyl (C=O) groups is 1. The van der Waals surface area contributed by atoms with Crippen molar-refractivity contribution in [1.29, 1.82) is 0 Å². The predicted octanol–water partition coefficient (Wildman–Crippen LogP) is 2.80. The maximum absolute atomic E-state index is 12.2. The molecule has 0 radical (unpaired) electrons. The summed E-state index contributed by atoms with van der Waals surface area (Å²) >= 11 is 0. The Labute approximate surface area is 147 Å². The van der Waals surface area contributed by atoms with Gasteiger partial charge in [-0.15, -0.1) is 0 Å². The molecule has 0 spiro atoms. The molecular weight excluding hydrogens is 312 g/mol. The molecule has 1 N–H and O–H groups in total. The normalized spacial score (nSPS) is 10.6. The van der Waals surface area contributed by atoms with Crippen molar-refractivity contribution in [3.05, 3.63) is 83.4 Å². The Morgan fingerprint density at radius 1 is 1.08 bits per heavy atom.